The third kappa shape index (κ3) is 8.79. The number of benzene rings is 4. The minimum Gasteiger partial charge on any atom is -0.494 e. The van der Waals surface area contributed by atoms with Gasteiger partial charge in [-0.3, -0.25) is 0 Å². The number of ether oxygens (including phenoxy) is 5. The Balaban J connectivity index is 1.55. The van der Waals surface area contributed by atoms with Gasteiger partial charge < -0.3 is 29.0 Å². The molecule has 0 aliphatic heterocycles. The average Bonchev–Trinajstić information content (AvgIpc) is 3.06. The van der Waals surface area contributed by atoms with E-state index in [0.717, 1.165) is 62.3 Å². The molecule has 0 bridgehead atoms. The fourth-order valence-corrected chi connectivity index (χ4v) is 5.34. The van der Waals surface area contributed by atoms with E-state index in [1.807, 2.05) is 109 Å². The number of hydrogen-bond acceptors (Lipinski definition) is 7. The second-order valence-electron chi connectivity index (χ2n) is 12.1. The second-order valence-corrected chi connectivity index (χ2v) is 12.1. The van der Waals surface area contributed by atoms with E-state index in [0.29, 0.717) is 37.9 Å². The lowest BCUT2D eigenvalue weighted by Gasteiger charge is -2.21. The first-order valence-electron chi connectivity index (χ1n) is 16.7. The van der Waals surface area contributed by atoms with Gasteiger partial charge in [-0.15, -0.1) is 0 Å². The van der Waals surface area contributed by atoms with Crippen LogP contribution >= 0.6 is 0 Å². The molecule has 4 aromatic carbocycles. The van der Waals surface area contributed by atoms with Crippen LogP contribution in [0, 0.1) is 0 Å². The maximum absolute atomic E-state index is 6.10. The second kappa shape index (κ2) is 15.6. The number of rotatable bonds is 14. The normalized spacial score (nSPS) is 11.1. The molecule has 250 valence electrons. The van der Waals surface area contributed by atoms with Crippen LogP contribution in [0.1, 0.15) is 48.5 Å². The lowest BCUT2D eigenvalue weighted by Crippen LogP contribution is -2.22. The summed E-state index contributed by atoms with van der Waals surface area (Å²) in [6, 6.07) is 32.4. The van der Waals surface area contributed by atoms with E-state index < -0.39 is 0 Å². The van der Waals surface area contributed by atoms with Crippen molar-refractivity contribution in [1.29, 1.82) is 0 Å². The fraction of sp³-hybridized carbons (Fsp3) is 0.293. The van der Waals surface area contributed by atoms with Gasteiger partial charge in [0.1, 0.15) is 34.3 Å². The lowest BCUT2D eigenvalue weighted by molar-refractivity contribution is 0.131. The van der Waals surface area contributed by atoms with Crippen LogP contribution in [-0.4, -0.2) is 37.0 Å². The molecule has 0 atom stereocenters. The third-order valence-electron chi connectivity index (χ3n) is 7.29. The lowest BCUT2D eigenvalue weighted by atomic mass is 9.99. The van der Waals surface area contributed by atoms with E-state index in [4.69, 9.17) is 28.7 Å². The van der Waals surface area contributed by atoms with Crippen molar-refractivity contribution in [2.24, 2.45) is 0 Å². The summed E-state index contributed by atoms with van der Waals surface area (Å²) in [5.41, 5.74) is 7.10. The first kappa shape index (κ1) is 34.2. The van der Waals surface area contributed by atoms with Crippen molar-refractivity contribution in [1.82, 2.24) is 4.98 Å². The number of pyridine rings is 1. The number of hydrogen-bond donors (Lipinski definition) is 1. The van der Waals surface area contributed by atoms with Crippen LogP contribution in [0.4, 0.5) is 11.4 Å². The molecule has 0 saturated heterocycles. The van der Waals surface area contributed by atoms with E-state index in [1.54, 1.807) is 0 Å². The van der Waals surface area contributed by atoms with Gasteiger partial charge in [0.05, 0.1) is 37.8 Å². The summed E-state index contributed by atoms with van der Waals surface area (Å²) in [7, 11) is 0. The molecule has 0 amide bonds. The molecule has 5 aromatic rings. The van der Waals surface area contributed by atoms with Crippen LogP contribution in [0.15, 0.2) is 97.1 Å². The molecule has 0 aliphatic carbocycles. The Bertz CT molecular complexity index is 1720. The summed E-state index contributed by atoms with van der Waals surface area (Å²) >= 11 is 0. The molecule has 0 radical (unpaired) electrons. The van der Waals surface area contributed by atoms with Crippen LogP contribution in [0.3, 0.4) is 0 Å². The van der Waals surface area contributed by atoms with E-state index in [1.165, 1.54) is 0 Å². The van der Waals surface area contributed by atoms with Crippen LogP contribution in [0.25, 0.3) is 33.6 Å². The predicted octanol–water partition coefficient (Wildman–Crippen LogP) is 10.6. The summed E-state index contributed by atoms with van der Waals surface area (Å²) in [5.74, 6) is 3.78. The molecule has 0 spiro atoms. The molecule has 1 N–H and O–H groups in total. The summed E-state index contributed by atoms with van der Waals surface area (Å²) in [5, 5.41) is 3.50. The van der Waals surface area contributed by atoms with E-state index >= 15 is 0 Å². The number of anilines is 2. The summed E-state index contributed by atoms with van der Waals surface area (Å²) in [6.45, 7) is 16.2. The largest absolute Gasteiger partial charge is 0.494 e. The summed E-state index contributed by atoms with van der Waals surface area (Å²) in [4.78, 5) is 5.17. The zero-order valence-electron chi connectivity index (χ0n) is 29.1. The Kier molecular flexibility index (Phi) is 11.1. The van der Waals surface area contributed by atoms with E-state index in [9.17, 15) is 0 Å². The van der Waals surface area contributed by atoms with Crippen LogP contribution in [-0.2, 0) is 0 Å². The number of nitrogens with one attached hydrogen (secondary N) is 1. The molecule has 7 heteroatoms. The van der Waals surface area contributed by atoms with Crippen molar-refractivity contribution in [2.75, 3.05) is 31.7 Å². The van der Waals surface area contributed by atoms with Gasteiger partial charge in [0.15, 0.2) is 0 Å². The highest BCUT2D eigenvalue weighted by Gasteiger charge is 2.17. The molecule has 5 rings (SSSR count). The first-order chi connectivity index (χ1) is 23.2. The minimum absolute atomic E-state index is 0.244. The molecule has 0 unspecified atom stereocenters. The quantitative estimate of drug-likeness (QED) is 0.129. The molecule has 1 heterocycles. The Labute approximate surface area is 284 Å². The Morgan fingerprint density at radius 1 is 0.500 bits per heavy atom. The third-order valence-corrected chi connectivity index (χ3v) is 7.29. The number of nitrogens with zero attached hydrogens (tertiary/aromatic N) is 1. The highest BCUT2D eigenvalue weighted by Crippen LogP contribution is 2.39. The Morgan fingerprint density at radius 3 is 1.38 bits per heavy atom. The van der Waals surface area contributed by atoms with Gasteiger partial charge in [0, 0.05) is 34.6 Å². The maximum Gasteiger partial charge on any atom is 0.132 e. The summed E-state index contributed by atoms with van der Waals surface area (Å²) in [6.07, 6.45) is 0. The van der Waals surface area contributed by atoms with E-state index in [2.05, 4.69) is 41.7 Å². The molecule has 7 nitrogen and oxygen atoms in total. The van der Waals surface area contributed by atoms with Crippen LogP contribution < -0.4 is 29.0 Å². The van der Waals surface area contributed by atoms with Gasteiger partial charge in [-0.1, -0.05) is 12.1 Å². The fourth-order valence-electron chi connectivity index (χ4n) is 5.34. The van der Waals surface area contributed by atoms with Gasteiger partial charge in [-0.05, 0) is 132 Å². The van der Waals surface area contributed by atoms with Crippen LogP contribution in [0.2, 0.25) is 0 Å². The highest BCUT2D eigenvalue weighted by molar-refractivity contribution is 5.81. The van der Waals surface area contributed by atoms with Crippen molar-refractivity contribution in [2.45, 2.75) is 54.1 Å². The maximum atomic E-state index is 6.10. The number of aromatic nitrogens is 1. The molecule has 1 aromatic heterocycles. The molecule has 0 saturated carbocycles. The SMILES string of the molecule is CCOc1ccc(-c2cc(-c3ccc(Nc4ccc(OC(C)(C)C)cc4)cc3)cc(-c3ccc(OCC)cc3OCC)n2)c(OCC)c1. The van der Waals surface area contributed by atoms with Crippen molar-refractivity contribution >= 4 is 11.4 Å². The Morgan fingerprint density at radius 2 is 0.938 bits per heavy atom. The topological polar surface area (TPSA) is 71.1 Å². The van der Waals surface area contributed by atoms with Gasteiger partial charge in [0.25, 0.3) is 0 Å². The highest BCUT2D eigenvalue weighted by atomic mass is 16.5. The smallest absolute Gasteiger partial charge is 0.132 e. The average molecular weight is 647 g/mol. The van der Waals surface area contributed by atoms with Crippen molar-refractivity contribution < 1.29 is 23.7 Å². The zero-order valence-corrected chi connectivity index (χ0v) is 29.1. The predicted molar refractivity (Wildman–Crippen MR) is 195 cm³/mol. The summed E-state index contributed by atoms with van der Waals surface area (Å²) < 4.78 is 29.7. The van der Waals surface area contributed by atoms with Crippen LogP contribution in [0.5, 0.6) is 28.7 Å². The molecule has 0 fully saturated rings. The standard InChI is InChI=1S/C41H46N2O5/c1-8-44-33-20-22-35(39(26-33)46-10-3)37-24-29(25-38(43-37)36-23-21-34(45-9-2)27-40(36)47-11-4)28-12-14-30(15-13-28)42-31-16-18-32(19-17-31)48-41(5,6)7/h12-27,42H,8-11H2,1-7H3. The molecular weight excluding hydrogens is 600 g/mol. The van der Waals surface area contributed by atoms with Crippen molar-refractivity contribution in [3.8, 4) is 62.4 Å². The van der Waals surface area contributed by atoms with Gasteiger partial charge >= 0.3 is 0 Å². The molecule has 0 aliphatic rings. The monoisotopic (exact) mass is 646 g/mol. The van der Waals surface area contributed by atoms with Crippen molar-refractivity contribution in [3.05, 3.63) is 97.1 Å². The van der Waals surface area contributed by atoms with Gasteiger partial charge in [-0.2, -0.15) is 0 Å². The van der Waals surface area contributed by atoms with Gasteiger partial charge in [-0.25, -0.2) is 4.98 Å². The zero-order chi connectivity index (χ0) is 34.1. The Hall–Kier alpha value is -5.17. The minimum atomic E-state index is -0.244. The van der Waals surface area contributed by atoms with E-state index in [-0.39, 0.29) is 5.60 Å². The molecule has 48 heavy (non-hydrogen) atoms. The molecular formula is C41H46N2O5. The van der Waals surface area contributed by atoms with Crippen molar-refractivity contribution in [3.63, 3.8) is 0 Å². The first-order valence-corrected chi connectivity index (χ1v) is 16.7. The van der Waals surface area contributed by atoms with Gasteiger partial charge in [0.2, 0.25) is 0 Å².